The SMILES string of the molecule is Cc1cccc(N(C(=O)c2csnn2)C(C(=O)NCc2ccccc2)c2ccco2)c1C. The zero-order valence-electron chi connectivity index (χ0n) is 17.7. The number of nitrogens with one attached hydrogen (secondary N) is 1. The van der Waals surface area contributed by atoms with E-state index in [1.165, 1.54) is 11.2 Å². The zero-order valence-corrected chi connectivity index (χ0v) is 18.5. The summed E-state index contributed by atoms with van der Waals surface area (Å²) in [6, 6.07) is 17.6. The third-order valence-electron chi connectivity index (χ3n) is 5.26. The summed E-state index contributed by atoms with van der Waals surface area (Å²) in [4.78, 5) is 28.5. The first-order valence-corrected chi connectivity index (χ1v) is 10.9. The lowest BCUT2D eigenvalue weighted by Gasteiger charge is -2.31. The second-order valence-electron chi connectivity index (χ2n) is 7.31. The molecule has 1 N–H and O–H groups in total. The van der Waals surface area contributed by atoms with Crippen molar-refractivity contribution in [2.45, 2.75) is 26.4 Å². The number of aryl methyl sites for hydroxylation is 1. The third kappa shape index (κ3) is 4.45. The van der Waals surface area contributed by atoms with E-state index in [0.29, 0.717) is 18.0 Å². The molecule has 4 rings (SSSR count). The number of aromatic nitrogens is 2. The minimum Gasteiger partial charge on any atom is -0.467 e. The van der Waals surface area contributed by atoms with Gasteiger partial charge in [0.05, 0.1) is 6.26 Å². The molecule has 1 atom stereocenters. The minimum atomic E-state index is -1.02. The Balaban J connectivity index is 1.77. The zero-order chi connectivity index (χ0) is 22.5. The maximum Gasteiger partial charge on any atom is 0.280 e. The molecule has 2 aromatic heterocycles. The van der Waals surface area contributed by atoms with Crippen LogP contribution in [0.25, 0.3) is 0 Å². The summed E-state index contributed by atoms with van der Waals surface area (Å²) in [7, 11) is 0. The van der Waals surface area contributed by atoms with E-state index in [9.17, 15) is 9.59 Å². The molecule has 4 aromatic rings. The van der Waals surface area contributed by atoms with Gasteiger partial charge in [-0.2, -0.15) is 0 Å². The Morgan fingerprint density at radius 3 is 2.56 bits per heavy atom. The van der Waals surface area contributed by atoms with E-state index in [4.69, 9.17) is 4.42 Å². The molecule has 0 radical (unpaired) electrons. The summed E-state index contributed by atoms with van der Waals surface area (Å²) in [6.45, 7) is 4.21. The predicted molar refractivity (Wildman–Crippen MR) is 122 cm³/mol. The summed E-state index contributed by atoms with van der Waals surface area (Å²) in [6.07, 6.45) is 1.49. The van der Waals surface area contributed by atoms with E-state index in [-0.39, 0.29) is 11.6 Å². The molecule has 0 aliphatic carbocycles. The quantitative estimate of drug-likeness (QED) is 0.453. The fourth-order valence-electron chi connectivity index (χ4n) is 3.45. The van der Waals surface area contributed by atoms with Crippen LogP contribution in [0.15, 0.2) is 76.7 Å². The highest BCUT2D eigenvalue weighted by molar-refractivity contribution is 7.03. The van der Waals surface area contributed by atoms with E-state index in [1.54, 1.807) is 17.5 Å². The van der Waals surface area contributed by atoms with Crippen LogP contribution in [0.3, 0.4) is 0 Å². The maximum atomic E-state index is 13.6. The van der Waals surface area contributed by atoms with Crippen LogP contribution in [0.2, 0.25) is 0 Å². The summed E-state index contributed by atoms with van der Waals surface area (Å²) >= 11 is 1.08. The largest absolute Gasteiger partial charge is 0.467 e. The van der Waals surface area contributed by atoms with Gasteiger partial charge in [-0.3, -0.25) is 14.5 Å². The number of nitrogens with zero attached hydrogens (tertiary/aromatic N) is 3. The van der Waals surface area contributed by atoms with Crippen LogP contribution in [0.5, 0.6) is 0 Å². The Morgan fingerprint density at radius 2 is 1.88 bits per heavy atom. The molecule has 7 nitrogen and oxygen atoms in total. The van der Waals surface area contributed by atoms with Gasteiger partial charge in [0, 0.05) is 17.6 Å². The Hall–Kier alpha value is -3.78. The lowest BCUT2D eigenvalue weighted by molar-refractivity contribution is -0.123. The molecule has 8 heteroatoms. The number of anilines is 1. The molecule has 0 saturated heterocycles. The van der Waals surface area contributed by atoms with Crippen molar-refractivity contribution in [3.63, 3.8) is 0 Å². The molecule has 0 aliphatic rings. The standard InChI is InChI=1S/C24H22N4O3S/c1-16-8-6-11-20(17(16)2)28(24(30)19-15-32-27-26-19)22(21-12-7-13-31-21)23(29)25-14-18-9-4-3-5-10-18/h3-13,15,22H,14H2,1-2H3,(H,25,29). The summed E-state index contributed by atoms with van der Waals surface area (Å²) in [5.74, 6) is -0.432. The van der Waals surface area contributed by atoms with E-state index in [0.717, 1.165) is 28.2 Å². The van der Waals surface area contributed by atoms with Gasteiger partial charge in [-0.25, -0.2) is 0 Å². The average molecular weight is 447 g/mol. The van der Waals surface area contributed by atoms with Crippen molar-refractivity contribution < 1.29 is 14.0 Å². The molecule has 0 saturated carbocycles. The molecule has 32 heavy (non-hydrogen) atoms. The molecule has 0 fully saturated rings. The Morgan fingerprint density at radius 1 is 1.06 bits per heavy atom. The van der Waals surface area contributed by atoms with Crippen LogP contribution in [0.1, 0.15) is 39.0 Å². The monoisotopic (exact) mass is 446 g/mol. The third-order valence-corrected chi connectivity index (χ3v) is 5.77. The van der Waals surface area contributed by atoms with Crippen LogP contribution in [-0.4, -0.2) is 21.4 Å². The molecule has 2 heterocycles. The molecule has 162 valence electrons. The number of benzene rings is 2. The molecule has 2 amide bonds. The van der Waals surface area contributed by atoms with Gasteiger partial charge in [0.1, 0.15) is 5.76 Å². The van der Waals surface area contributed by atoms with Gasteiger partial charge in [-0.1, -0.05) is 47.0 Å². The van der Waals surface area contributed by atoms with E-state index in [2.05, 4.69) is 14.9 Å². The number of hydrogen-bond acceptors (Lipinski definition) is 6. The summed E-state index contributed by atoms with van der Waals surface area (Å²) in [5, 5.41) is 8.46. The van der Waals surface area contributed by atoms with Crippen molar-refractivity contribution in [3.05, 3.63) is 100 Å². The van der Waals surface area contributed by atoms with E-state index in [1.807, 2.05) is 62.4 Å². The van der Waals surface area contributed by atoms with Gasteiger partial charge in [0.15, 0.2) is 11.7 Å². The minimum absolute atomic E-state index is 0.170. The Bertz CT molecular complexity index is 1190. The second kappa shape index (κ2) is 9.57. The Kier molecular flexibility index (Phi) is 6.42. The van der Waals surface area contributed by atoms with Gasteiger partial charge in [0.25, 0.3) is 11.8 Å². The fourth-order valence-corrected chi connectivity index (χ4v) is 3.88. The van der Waals surface area contributed by atoms with Crippen molar-refractivity contribution in [2.24, 2.45) is 0 Å². The van der Waals surface area contributed by atoms with Crippen LogP contribution >= 0.6 is 11.5 Å². The van der Waals surface area contributed by atoms with Gasteiger partial charge in [-0.05, 0) is 60.3 Å². The van der Waals surface area contributed by atoms with E-state index < -0.39 is 11.9 Å². The van der Waals surface area contributed by atoms with Crippen molar-refractivity contribution in [3.8, 4) is 0 Å². The first-order valence-electron chi connectivity index (χ1n) is 10.1. The summed E-state index contributed by atoms with van der Waals surface area (Å²) in [5.41, 5.74) is 3.62. The molecular formula is C24H22N4O3S. The highest BCUT2D eigenvalue weighted by Gasteiger charge is 2.37. The molecule has 2 aromatic carbocycles. The Labute approximate surface area is 189 Å². The fraction of sp³-hybridized carbons (Fsp3) is 0.167. The smallest absolute Gasteiger partial charge is 0.280 e. The lowest BCUT2D eigenvalue weighted by Crippen LogP contribution is -2.44. The highest BCUT2D eigenvalue weighted by Crippen LogP contribution is 2.33. The number of rotatable bonds is 7. The number of amides is 2. The van der Waals surface area contributed by atoms with Crippen LogP contribution < -0.4 is 10.2 Å². The number of carbonyl (C=O) groups is 2. The van der Waals surface area contributed by atoms with Crippen LogP contribution in [0.4, 0.5) is 5.69 Å². The number of hydrogen-bond donors (Lipinski definition) is 1. The predicted octanol–water partition coefficient (Wildman–Crippen LogP) is 4.45. The molecule has 1 unspecified atom stereocenters. The number of furan rings is 1. The normalized spacial score (nSPS) is 11.7. The van der Waals surface area contributed by atoms with Crippen molar-refractivity contribution in [2.75, 3.05) is 4.90 Å². The van der Waals surface area contributed by atoms with Crippen molar-refractivity contribution in [1.29, 1.82) is 0 Å². The van der Waals surface area contributed by atoms with Crippen molar-refractivity contribution >= 4 is 29.0 Å². The summed E-state index contributed by atoms with van der Waals surface area (Å²) < 4.78 is 9.44. The molecule has 0 spiro atoms. The highest BCUT2D eigenvalue weighted by atomic mass is 32.1. The first-order chi connectivity index (χ1) is 15.6. The second-order valence-corrected chi connectivity index (χ2v) is 7.92. The van der Waals surface area contributed by atoms with Crippen LogP contribution in [-0.2, 0) is 11.3 Å². The average Bonchev–Trinajstić information content (AvgIpc) is 3.53. The lowest BCUT2D eigenvalue weighted by atomic mass is 10.0. The van der Waals surface area contributed by atoms with Gasteiger partial charge < -0.3 is 9.73 Å². The molecular weight excluding hydrogens is 424 g/mol. The molecule has 0 aliphatic heterocycles. The van der Waals surface area contributed by atoms with Gasteiger partial charge in [0.2, 0.25) is 0 Å². The van der Waals surface area contributed by atoms with Gasteiger partial charge >= 0.3 is 0 Å². The van der Waals surface area contributed by atoms with E-state index >= 15 is 0 Å². The van der Waals surface area contributed by atoms with Gasteiger partial charge in [-0.15, -0.1) is 5.10 Å². The van der Waals surface area contributed by atoms with Crippen molar-refractivity contribution in [1.82, 2.24) is 14.9 Å². The van der Waals surface area contributed by atoms with Crippen LogP contribution in [0, 0.1) is 13.8 Å². The topological polar surface area (TPSA) is 88.3 Å². The number of carbonyl (C=O) groups excluding carboxylic acids is 2. The first kappa shape index (κ1) is 21.5. The maximum absolute atomic E-state index is 13.6. The molecule has 0 bridgehead atoms.